The first-order valence-electron chi connectivity index (χ1n) is 11.4. The number of benzene rings is 1. The number of likely N-dealkylation sites (tertiary alicyclic amines) is 2. The lowest BCUT2D eigenvalue weighted by atomic mass is 9.83. The number of amides is 1. The smallest absolute Gasteiger partial charge is 0.246 e. The zero-order valence-corrected chi connectivity index (χ0v) is 18.2. The van der Waals surface area contributed by atoms with E-state index in [1.165, 1.54) is 17.7 Å². The van der Waals surface area contributed by atoms with Crippen LogP contribution in [0.5, 0.6) is 11.5 Å². The van der Waals surface area contributed by atoms with Gasteiger partial charge < -0.3 is 24.7 Å². The second kappa shape index (κ2) is 8.60. The number of carbonyl (C=O) groups is 1. The highest BCUT2D eigenvalue weighted by atomic mass is 16.5. The fourth-order valence-electron chi connectivity index (χ4n) is 5.16. The molecule has 3 heterocycles. The van der Waals surface area contributed by atoms with Gasteiger partial charge in [0.1, 0.15) is 23.2 Å². The number of aliphatic hydroxyl groups is 1. The van der Waals surface area contributed by atoms with Gasteiger partial charge in [-0.05, 0) is 70.6 Å². The van der Waals surface area contributed by atoms with E-state index in [-0.39, 0.29) is 17.7 Å². The Bertz CT molecular complexity index is 808. The highest BCUT2D eigenvalue weighted by Gasteiger charge is 2.49. The molecule has 164 valence electrons. The third kappa shape index (κ3) is 4.08. The lowest BCUT2D eigenvalue weighted by molar-refractivity contribution is -0.941. The summed E-state index contributed by atoms with van der Waals surface area (Å²) in [7, 11) is 0. The highest BCUT2D eigenvalue weighted by Crippen LogP contribution is 2.44. The Kier molecular flexibility index (Phi) is 6.07. The predicted octanol–water partition coefficient (Wildman–Crippen LogP) is 2.06. The monoisotopic (exact) mass is 415 g/mol. The zero-order chi connectivity index (χ0) is 21.3. The standard InChI is InChI=1S/C24H34N2O4/c1-24(2)23(29)21(26-15-7-4-8-16-26)20-18(30-24)11-9-17(22(20)28)10-12-19(27)25-13-5-3-6-14-25/h9-12,21,23,28-29H,3-8,13-16H2,1-2H3/p+1/b12-10+/t21-,23-/m1/s1. The number of hydrogen-bond acceptors (Lipinski definition) is 4. The van der Waals surface area contributed by atoms with Gasteiger partial charge in [-0.25, -0.2) is 0 Å². The molecule has 0 saturated carbocycles. The van der Waals surface area contributed by atoms with E-state index in [0.29, 0.717) is 16.9 Å². The van der Waals surface area contributed by atoms with E-state index in [4.69, 9.17) is 4.74 Å². The molecule has 2 atom stereocenters. The topological polar surface area (TPSA) is 74.4 Å². The van der Waals surface area contributed by atoms with Crippen LogP contribution in [0.3, 0.4) is 0 Å². The molecule has 3 aliphatic heterocycles. The molecule has 1 aromatic rings. The lowest BCUT2D eigenvalue weighted by Gasteiger charge is -2.45. The van der Waals surface area contributed by atoms with Crippen molar-refractivity contribution in [2.24, 2.45) is 0 Å². The molecule has 4 rings (SSSR count). The number of hydrogen-bond donors (Lipinski definition) is 3. The van der Waals surface area contributed by atoms with E-state index in [1.807, 2.05) is 24.8 Å². The van der Waals surface area contributed by atoms with Crippen molar-refractivity contribution in [3.05, 3.63) is 29.3 Å². The summed E-state index contributed by atoms with van der Waals surface area (Å²) in [5, 5.41) is 22.3. The highest BCUT2D eigenvalue weighted by molar-refractivity contribution is 5.92. The van der Waals surface area contributed by atoms with Crippen LogP contribution >= 0.6 is 0 Å². The Labute approximate surface area is 179 Å². The van der Waals surface area contributed by atoms with Crippen LogP contribution in [0.4, 0.5) is 0 Å². The number of phenolic OH excluding ortho intramolecular Hbond substituents is 1. The lowest BCUT2D eigenvalue weighted by Crippen LogP contribution is -3.14. The van der Waals surface area contributed by atoms with E-state index in [2.05, 4.69) is 0 Å². The Balaban J connectivity index is 1.65. The van der Waals surface area contributed by atoms with E-state index >= 15 is 0 Å². The van der Waals surface area contributed by atoms with Gasteiger partial charge in [-0.15, -0.1) is 0 Å². The van der Waals surface area contributed by atoms with Crippen LogP contribution in [-0.2, 0) is 4.79 Å². The van der Waals surface area contributed by atoms with Gasteiger partial charge in [-0.2, -0.15) is 0 Å². The first kappa shape index (κ1) is 21.2. The minimum Gasteiger partial charge on any atom is -0.507 e. The van der Waals surface area contributed by atoms with Gasteiger partial charge in [-0.3, -0.25) is 4.79 Å². The summed E-state index contributed by atoms with van der Waals surface area (Å²) in [5.74, 6) is 0.737. The summed E-state index contributed by atoms with van der Waals surface area (Å²) >= 11 is 0. The number of phenols is 1. The molecule has 6 heteroatoms. The average Bonchev–Trinajstić information content (AvgIpc) is 2.75. The molecule has 2 fully saturated rings. The zero-order valence-electron chi connectivity index (χ0n) is 18.2. The number of quaternary nitrogens is 1. The number of carbonyl (C=O) groups excluding carboxylic acids is 1. The Morgan fingerprint density at radius 1 is 1.13 bits per heavy atom. The van der Waals surface area contributed by atoms with E-state index in [1.54, 1.807) is 18.2 Å². The van der Waals surface area contributed by atoms with Gasteiger partial charge in [0, 0.05) is 24.7 Å². The second-order valence-electron chi connectivity index (χ2n) is 9.48. The molecule has 1 amide bonds. The summed E-state index contributed by atoms with van der Waals surface area (Å²) in [6.45, 7) is 7.36. The van der Waals surface area contributed by atoms with Gasteiger partial charge in [0.25, 0.3) is 0 Å². The minimum absolute atomic E-state index is 0.0116. The van der Waals surface area contributed by atoms with Crippen LogP contribution in [0.1, 0.15) is 69.5 Å². The van der Waals surface area contributed by atoms with E-state index < -0.39 is 11.7 Å². The van der Waals surface area contributed by atoms with Crippen molar-refractivity contribution >= 4 is 12.0 Å². The van der Waals surface area contributed by atoms with Crippen molar-refractivity contribution < 1.29 is 24.6 Å². The molecule has 0 aliphatic carbocycles. The molecular formula is C24H35N2O4+. The van der Waals surface area contributed by atoms with Crippen molar-refractivity contribution in [2.75, 3.05) is 26.2 Å². The molecule has 3 N–H and O–H groups in total. The Hall–Kier alpha value is -2.05. The number of nitrogens with zero attached hydrogens (tertiary/aromatic N) is 1. The van der Waals surface area contributed by atoms with Gasteiger partial charge in [0.2, 0.25) is 5.91 Å². The van der Waals surface area contributed by atoms with E-state index in [0.717, 1.165) is 51.9 Å². The summed E-state index contributed by atoms with van der Waals surface area (Å²) in [5.41, 5.74) is 0.540. The molecular weight excluding hydrogens is 380 g/mol. The maximum absolute atomic E-state index is 12.5. The third-order valence-electron chi connectivity index (χ3n) is 6.93. The molecule has 2 saturated heterocycles. The number of fused-ring (bicyclic) bond motifs is 1. The van der Waals surface area contributed by atoms with Crippen molar-refractivity contribution in [1.82, 2.24) is 4.90 Å². The van der Waals surface area contributed by atoms with Crippen molar-refractivity contribution in [3.63, 3.8) is 0 Å². The molecule has 0 unspecified atom stereocenters. The molecule has 0 spiro atoms. The number of rotatable bonds is 3. The third-order valence-corrected chi connectivity index (χ3v) is 6.93. The molecule has 1 aromatic carbocycles. The number of piperidine rings is 2. The molecule has 0 aromatic heterocycles. The summed E-state index contributed by atoms with van der Waals surface area (Å²) in [6.07, 6.45) is 9.27. The number of aromatic hydroxyl groups is 1. The SMILES string of the molecule is CC1(C)Oc2ccc(/C=C/C(=O)N3CCCCC3)c(O)c2[C@@H]([NH+]2CCCCC2)[C@H]1O. The summed E-state index contributed by atoms with van der Waals surface area (Å²) in [6, 6.07) is 3.42. The van der Waals surface area contributed by atoms with Crippen LogP contribution in [0.15, 0.2) is 18.2 Å². The van der Waals surface area contributed by atoms with Gasteiger partial charge in [0.05, 0.1) is 18.7 Å². The van der Waals surface area contributed by atoms with Crippen LogP contribution < -0.4 is 9.64 Å². The van der Waals surface area contributed by atoms with Crippen molar-refractivity contribution in [2.45, 2.75) is 70.1 Å². The minimum atomic E-state index is -0.726. The molecule has 0 radical (unpaired) electrons. The normalized spacial score (nSPS) is 27.0. The van der Waals surface area contributed by atoms with Crippen LogP contribution in [-0.4, -0.2) is 58.9 Å². The summed E-state index contributed by atoms with van der Waals surface area (Å²) < 4.78 is 6.09. The van der Waals surface area contributed by atoms with Crippen LogP contribution in [0, 0.1) is 0 Å². The maximum Gasteiger partial charge on any atom is 0.246 e. The molecule has 30 heavy (non-hydrogen) atoms. The van der Waals surface area contributed by atoms with Gasteiger partial charge in [0.15, 0.2) is 6.04 Å². The molecule has 6 nitrogen and oxygen atoms in total. The Morgan fingerprint density at radius 3 is 2.50 bits per heavy atom. The number of ether oxygens (including phenoxy) is 1. The summed E-state index contributed by atoms with van der Waals surface area (Å²) in [4.78, 5) is 15.7. The van der Waals surface area contributed by atoms with Crippen LogP contribution in [0.2, 0.25) is 0 Å². The van der Waals surface area contributed by atoms with Gasteiger partial charge >= 0.3 is 0 Å². The fraction of sp³-hybridized carbons (Fsp3) is 0.625. The molecule has 3 aliphatic rings. The second-order valence-corrected chi connectivity index (χ2v) is 9.48. The largest absolute Gasteiger partial charge is 0.507 e. The average molecular weight is 416 g/mol. The Morgan fingerprint density at radius 2 is 1.80 bits per heavy atom. The molecule has 0 bridgehead atoms. The van der Waals surface area contributed by atoms with Crippen molar-refractivity contribution in [1.29, 1.82) is 0 Å². The predicted molar refractivity (Wildman–Crippen MR) is 116 cm³/mol. The number of aliphatic hydroxyl groups excluding tert-OH is 1. The maximum atomic E-state index is 12.5. The van der Waals surface area contributed by atoms with Gasteiger partial charge in [-0.1, -0.05) is 0 Å². The quantitative estimate of drug-likeness (QED) is 0.661. The van der Waals surface area contributed by atoms with E-state index in [9.17, 15) is 15.0 Å². The number of nitrogens with one attached hydrogen (secondary N) is 1. The van der Waals surface area contributed by atoms with Crippen LogP contribution in [0.25, 0.3) is 6.08 Å². The first-order valence-corrected chi connectivity index (χ1v) is 11.4. The first-order chi connectivity index (χ1) is 14.4. The van der Waals surface area contributed by atoms with Crippen molar-refractivity contribution in [3.8, 4) is 11.5 Å². The fourth-order valence-corrected chi connectivity index (χ4v) is 5.16.